The summed E-state index contributed by atoms with van der Waals surface area (Å²) in [6.07, 6.45) is 1.79. The molecule has 0 aliphatic rings. The fourth-order valence-electron chi connectivity index (χ4n) is 0.985. The van der Waals surface area contributed by atoms with Crippen LogP contribution in [0.1, 0.15) is 19.5 Å². The van der Waals surface area contributed by atoms with Crippen molar-refractivity contribution in [1.29, 1.82) is 0 Å². The van der Waals surface area contributed by atoms with Crippen LogP contribution in [0.3, 0.4) is 0 Å². The zero-order valence-corrected chi connectivity index (χ0v) is 8.46. The standard InChI is InChI=1S/C10H17N3/c1-8-6-9(4-5-12-8)13-7-10(2,3)11/h4-6H,7,11H2,1-3H3,(H,12,13). The molecular formula is C10H17N3. The van der Waals surface area contributed by atoms with Gasteiger partial charge in [0.15, 0.2) is 0 Å². The highest BCUT2D eigenvalue weighted by Crippen LogP contribution is 2.08. The zero-order valence-electron chi connectivity index (χ0n) is 8.46. The smallest absolute Gasteiger partial charge is 0.0393 e. The Morgan fingerprint density at radius 2 is 2.23 bits per heavy atom. The van der Waals surface area contributed by atoms with Gasteiger partial charge in [0.1, 0.15) is 0 Å². The number of nitrogens with zero attached hydrogens (tertiary/aromatic N) is 1. The van der Waals surface area contributed by atoms with E-state index in [0.29, 0.717) is 0 Å². The molecule has 0 fully saturated rings. The molecule has 1 heterocycles. The third-order valence-corrected chi connectivity index (χ3v) is 1.64. The van der Waals surface area contributed by atoms with Crippen molar-refractivity contribution in [2.45, 2.75) is 26.3 Å². The molecule has 1 rings (SSSR count). The lowest BCUT2D eigenvalue weighted by molar-refractivity contribution is 0.549. The molecule has 72 valence electrons. The number of nitrogens with one attached hydrogen (secondary N) is 1. The molecule has 13 heavy (non-hydrogen) atoms. The third-order valence-electron chi connectivity index (χ3n) is 1.64. The summed E-state index contributed by atoms with van der Waals surface area (Å²) in [5.41, 5.74) is 7.75. The predicted octanol–water partition coefficient (Wildman–Crippen LogP) is 1.54. The lowest BCUT2D eigenvalue weighted by Gasteiger charge is -2.19. The minimum absolute atomic E-state index is 0.183. The summed E-state index contributed by atoms with van der Waals surface area (Å²) < 4.78 is 0. The van der Waals surface area contributed by atoms with Gasteiger partial charge in [-0.3, -0.25) is 4.98 Å². The Labute approximate surface area is 79.4 Å². The molecule has 3 heteroatoms. The Morgan fingerprint density at radius 3 is 2.77 bits per heavy atom. The van der Waals surface area contributed by atoms with Crippen LogP contribution in [-0.2, 0) is 0 Å². The molecule has 0 radical (unpaired) electrons. The summed E-state index contributed by atoms with van der Waals surface area (Å²) in [5, 5.41) is 3.26. The summed E-state index contributed by atoms with van der Waals surface area (Å²) in [7, 11) is 0. The summed E-state index contributed by atoms with van der Waals surface area (Å²) in [6.45, 7) is 6.72. The molecule has 1 aromatic heterocycles. The second-order valence-corrected chi connectivity index (χ2v) is 4.03. The van der Waals surface area contributed by atoms with Crippen molar-refractivity contribution in [3.05, 3.63) is 24.0 Å². The Kier molecular flexibility index (Phi) is 2.88. The van der Waals surface area contributed by atoms with Gasteiger partial charge in [-0.1, -0.05) is 0 Å². The summed E-state index contributed by atoms with van der Waals surface area (Å²) in [5.74, 6) is 0. The largest absolute Gasteiger partial charge is 0.383 e. The Balaban J connectivity index is 2.55. The number of aryl methyl sites for hydroxylation is 1. The zero-order chi connectivity index (χ0) is 9.90. The van der Waals surface area contributed by atoms with Crippen LogP contribution in [0.15, 0.2) is 18.3 Å². The molecule has 0 amide bonds. The highest BCUT2D eigenvalue weighted by atomic mass is 14.9. The van der Waals surface area contributed by atoms with E-state index in [1.807, 2.05) is 32.9 Å². The molecule has 0 bridgehead atoms. The number of pyridine rings is 1. The molecule has 0 aromatic carbocycles. The molecule has 0 aliphatic heterocycles. The number of aromatic nitrogens is 1. The van der Waals surface area contributed by atoms with Gasteiger partial charge < -0.3 is 11.1 Å². The molecule has 0 atom stereocenters. The molecule has 0 aliphatic carbocycles. The van der Waals surface area contributed by atoms with E-state index in [4.69, 9.17) is 5.73 Å². The van der Waals surface area contributed by atoms with Gasteiger partial charge in [-0.25, -0.2) is 0 Å². The van der Waals surface area contributed by atoms with Crippen LogP contribution in [0.4, 0.5) is 5.69 Å². The molecule has 0 unspecified atom stereocenters. The Hall–Kier alpha value is -1.09. The van der Waals surface area contributed by atoms with Crippen LogP contribution in [0, 0.1) is 6.92 Å². The van der Waals surface area contributed by atoms with E-state index in [-0.39, 0.29) is 5.54 Å². The maximum absolute atomic E-state index is 5.84. The van der Waals surface area contributed by atoms with E-state index < -0.39 is 0 Å². The van der Waals surface area contributed by atoms with E-state index in [1.165, 1.54) is 0 Å². The number of rotatable bonds is 3. The normalized spacial score (nSPS) is 11.4. The average molecular weight is 179 g/mol. The summed E-state index contributed by atoms with van der Waals surface area (Å²) in [4.78, 5) is 4.11. The van der Waals surface area contributed by atoms with Crippen molar-refractivity contribution in [3.8, 4) is 0 Å². The van der Waals surface area contributed by atoms with Gasteiger partial charge in [0.05, 0.1) is 0 Å². The SMILES string of the molecule is Cc1cc(NCC(C)(C)N)ccn1. The Bertz CT molecular complexity index is 276. The van der Waals surface area contributed by atoms with Crippen molar-refractivity contribution < 1.29 is 0 Å². The topological polar surface area (TPSA) is 50.9 Å². The van der Waals surface area contributed by atoms with E-state index in [2.05, 4.69) is 10.3 Å². The van der Waals surface area contributed by atoms with Gasteiger partial charge in [0.2, 0.25) is 0 Å². The molecule has 0 saturated carbocycles. The maximum atomic E-state index is 5.84. The first-order valence-electron chi connectivity index (χ1n) is 4.43. The van der Waals surface area contributed by atoms with Crippen LogP contribution in [-0.4, -0.2) is 17.1 Å². The van der Waals surface area contributed by atoms with E-state index in [9.17, 15) is 0 Å². The maximum Gasteiger partial charge on any atom is 0.0393 e. The van der Waals surface area contributed by atoms with Gasteiger partial charge in [0.25, 0.3) is 0 Å². The van der Waals surface area contributed by atoms with Crippen LogP contribution in [0.25, 0.3) is 0 Å². The van der Waals surface area contributed by atoms with Crippen LogP contribution >= 0.6 is 0 Å². The van der Waals surface area contributed by atoms with Crippen LogP contribution in [0.2, 0.25) is 0 Å². The van der Waals surface area contributed by atoms with Crippen LogP contribution in [0.5, 0.6) is 0 Å². The predicted molar refractivity (Wildman–Crippen MR) is 55.7 cm³/mol. The van der Waals surface area contributed by atoms with Gasteiger partial charge in [-0.15, -0.1) is 0 Å². The molecule has 3 nitrogen and oxygen atoms in total. The highest BCUT2D eigenvalue weighted by Gasteiger charge is 2.09. The lowest BCUT2D eigenvalue weighted by Crippen LogP contribution is -2.39. The quantitative estimate of drug-likeness (QED) is 0.740. The first-order chi connectivity index (χ1) is 5.97. The summed E-state index contributed by atoms with van der Waals surface area (Å²) >= 11 is 0. The first-order valence-corrected chi connectivity index (χ1v) is 4.43. The van der Waals surface area contributed by atoms with Crippen molar-refractivity contribution in [2.24, 2.45) is 5.73 Å². The molecule has 3 N–H and O–H groups in total. The van der Waals surface area contributed by atoms with Crippen molar-refractivity contribution in [2.75, 3.05) is 11.9 Å². The minimum Gasteiger partial charge on any atom is -0.383 e. The summed E-state index contributed by atoms with van der Waals surface area (Å²) in [6, 6.07) is 3.95. The molecule has 0 spiro atoms. The number of nitrogens with two attached hydrogens (primary N) is 1. The fourth-order valence-corrected chi connectivity index (χ4v) is 0.985. The Morgan fingerprint density at radius 1 is 1.54 bits per heavy atom. The van der Waals surface area contributed by atoms with Gasteiger partial charge in [0, 0.05) is 29.7 Å². The van der Waals surface area contributed by atoms with Crippen molar-refractivity contribution in [3.63, 3.8) is 0 Å². The first kappa shape index (κ1) is 9.99. The molecular weight excluding hydrogens is 162 g/mol. The minimum atomic E-state index is -0.183. The van der Waals surface area contributed by atoms with E-state index >= 15 is 0 Å². The highest BCUT2D eigenvalue weighted by molar-refractivity contribution is 5.43. The van der Waals surface area contributed by atoms with Gasteiger partial charge >= 0.3 is 0 Å². The van der Waals surface area contributed by atoms with Gasteiger partial charge in [-0.2, -0.15) is 0 Å². The van der Waals surface area contributed by atoms with Gasteiger partial charge in [-0.05, 0) is 32.9 Å². The van der Waals surface area contributed by atoms with E-state index in [1.54, 1.807) is 6.20 Å². The third kappa shape index (κ3) is 3.90. The van der Waals surface area contributed by atoms with Crippen LogP contribution < -0.4 is 11.1 Å². The molecule has 0 saturated heterocycles. The number of hydrogen-bond acceptors (Lipinski definition) is 3. The van der Waals surface area contributed by atoms with Crippen molar-refractivity contribution >= 4 is 5.69 Å². The fraction of sp³-hybridized carbons (Fsp3) is 0.500. The van der Waals surface area contributed by atoms with Crippen molar-refractivity contribution in [1.82, 2.24) is 4.98 Å². The van der Waals surface area contributed by atoms with E-state index in [0.717, 1.165) is 17.9 Å². The second-order valence-electron chi connectivity index (χ2n) is 4.03. The lowest BCUT2D eigenvalue weighted by atomic mass is 10.1. The molecule has 1 aromatic rings. The monoisotopic (exact) mass is 179 g/mol. The number of hydrogen-bond donors (Lipinski definition) is 2. The number of anilines is 1. The average Bonchev–Trinajstić information content (AvgIpc) is 2.00. The second kappa shape index (κ2) is 3.75.